The Morgan fingerprint density at radius 2 is 2.10 bits per heavy atom. The molecule has 0 unspecified atom stereocenters. The monoisotopic (exact) mass is 149 g/mol. The van der Waals surface area contributed by atoms with Crippen molar-refractivity contribution in [2.75, 3.05) is 40.0 Å². The van der Waals surface area contributed by atoms with Crippen LogP contribution in [-0.4, -0.2) is 40.0 Å². The number of methoxy groups -OCH3 is 1. The summed E-state index contributed by atoms with van der Waals surface area (Å²) in [5, 5.41) is 3.16. The fourth-order valence-corrected chi connectivity index (χ4v) is 0.565. The lowest BCUT2D eigenvalue weighted by molar-refractivity contribution is 0.0722. The van der Waals surface area contributed by atoms with Gasteiger partial charge in [-0.1, -0.05) is 6.92 Å². The van der Waals surface area contributed by atoms with Crippen LogP contribution in [0.4, 0.5) is 0 Å². The summed E-state index contributed by atoms with van der Waals surface area (Å²) in [5.74, 6) is 0. The first-order valence-electron chi connectivity index (χ1n) is 3.69. The van der Waals surface area contributed by atoms with Crippen molar-refractivity contribution in [2.24, 2.45) is 0 Å². The second kappa shape index (κ2) is 8.88. The van der Waals surface area contributed by atoms with Gasteiger partial charge in [-0.25, -0.2) is 0 Å². The van der Waals surface area contributed by atoms with Crippen LogP contribution in [0.1, 0.15) is 8.35 Å². The number of nitrogens with one attached hydrogen (secondary N) is 1. The molecule has 0 rings (SSSR count). The van der Waals surface area contributed by atoms with Gasteiger partial charge in [0.15, 0.2) is 0 Å². The van der Waals surface area contributed by atoms with Crippen LogP contribution < -0.4 is 5.32 Å². The van der Waals surface area contributed by atoms with Crippen LogP contribution in [0.3, 0.4) is 0 Å². The Balaban J connectivity index is 0. The van der Waals surface area contributed by atoms with E-state index < -0.39 is 0 Å². The first kappa shape index (κ1) is 9.88. The molecule has 0 aliphatic heterocycles. The molecule has 0 atom stereocenters. The topological polar surface area (TPSA) is 30.5 Å². The van der Waals surface area contributed by atoms with Crippen molar-refractivity contribution in [2.45, 2.75) is 6.92 Å². The van der Waals surface area contributed by atoms with Gasteiger partial charge < -0.3 is 14.8 Å². The zero-order valence-corrected chi connectivity index (χ0v) is 6.85. The van der Waals surface area contributed by atoms with Gasteiger partial charge in [0.05, 0.1) is 19.8 Å². The van der Waals surface area contributed by atoms with Crippen LogP contribution in [0, 0.1) is 0 Å². The van der Waals surface area contributed by atoms with Gasteiger partial charge in [0.2, 0.25) is 0 Å². The summed E-state index contributed by atoms with van der Waals surface area (Å²) in [7, 11) is 1.67. The lowest BCUT2D eigenvalue weighted by atomic mass is 10.6. The number of rotatable bonds is 7. The van der Waals surface area contributed by atoms with Crippen molar-refractivity contribution in [3.8, 4) is 0 Å². The molecule has 0 aliphatic carbocycles. The summed E-state index contributed by atoms with van der Waals surface area (Å²) >= 11 is 0. The van der Waals surface area contributed by atoms with E-state index >= 15 is 0 Å². The predicted octanol–water partition coefficient (Wildman–Crippen LogP) is 0.505. The Bertz CT molecular complexity index is 56.4. The van der Waals surface area contributed by atoms with Crippen LogP contribution >= 0.6 is 0 Å². The number of likely N-dealkylation sites (N-methyl/N-ethyl adjacent to an activating group) is 1. The third-order valence-corrected chi connectivity index (χ3v) is 1.10. The number of hydrogen-bond donors (Lipinski definition) is 1. The molecule has 0 saturated heterocycles. The van der Waals surface area contributed by atoms with E-state index in [9.17, 15) is 0 Å². The van der Waals surface area contributed by atoms with Gasteiger partial charge in [-0.15, -0.1) is 0 Å². The average Bonchev–Trinajstić information content (AvgIpc) is 1.97. The first-order chi connectivity index (χ1) is 4.91. The molecule has 1 N–H and O–H groups in total. The minimum Gasteiger partial charge on any atom is -0.382 e. The van der Waals surface area contributed by atoms with Crippen molar-refractivity contribution in [1.29, 1.82) is 0 Å². The molecule has 3 nitrogen and oxygen atoms in total. The normalized spacial score (nSPS) is 10.2. The molecule has 0 heterocycles. The third-order valence-electron chi connectivity index (χ3n) is 1.10. The van der Waals surface area contributed by atoms with E-state index in [1.807, 2.05) is 0 Å². The molecule has 0 bridgehead atoms. The predicted molar refractivity (Wildman–Crippen MR) is 43.4 cm³/mol. The molecule has 3 heteroatoms. The molecule has 0 radical (unpaired) electrons. The van der Waals surface area contributed by atoms with E-state index in [1.165, 1.54) is 0 Å². The van der Waals surface area contributed by atoms with Gasteiger partial charge in [-0.05, 0) is 6.54 Å². The standard InChI is InChI=1S/C7H17NO2.H2/c1-3-8-4-5-10-7-6-9-2;/h8H,3-7H2,1-2H3;1H. The van der Waals surface area contributed by atoms with E-state index in [-0.39, 0.29) is 1.43 Å². The Morgan fingerprint density at radius 3 is 2.70 bits per heavy atom. The van der Waals surface area contributed by atoms with Crippen LogP contribution in [0.2, 0.25) is 0 Å². The Kier molecular flexibility index (Phi) is 8.77. The maximum absolute atomic E-state index is 5.19. The first-order valence-corrected chi connectivity index (χ1v) is 3.69. The van der Waals surface area contributed by atoms with Gasteiger partial charge in [0.25, 0.3) is 0 Å². The van der Waals surface area contributed by atoms with E-state index in [0.29, 0.717) is 13.2 Å². The van der Waals surface area contributed by atoms with E-state index in [0.717, 1.165) is 19.7 Å². The van der Waals surface area contributed by atoms with Gasteiger partial charge in [-0.2, -0.15) is 0 Å². The highest BCUT2D eigenvalue weighted by Gasteiger charge is 1.85. The van der Waals surface area contributed by atoms with Crippen LogP contribution in [0.25, 0.3) is 0 Å². The second-order valence-corrected chi connectivity index (χ2v) is 1.96. The summed E-state index contributed by atoms with van der Waals surface area (Å²) in [6.45, 7) is 6.17. The van der Waals surface area contributed by atoms with Gasteiger partial charge in [0, 0.05) is 15.1 Å². The summed E-state index contributed by atoms with van der Waals surface area (Å²) in [4.78, 5) is 0. The maximum Gasteiger partial charge on any atom is 0.0700 e. The fraction of sp³-hybridized carbons (Fsp3) is 1.00. The maximum atomic E-state index is 5.19. The highest BCUT2D eigenvalue weighted by atomic mass is 16.5. The quantitative estimate of drug-likeness (QED) is 0.535. The largest absolute Gasteiger partial charge is 0.382 e. The SMILES string of the molecule is CCNCCOCCOC.[HH]. The van der Waals surface area contributed by atoms with Crippen LogP contribution in [0.5, 0.6) is 0 Å². The molecule has 0 aromatic rings. The van der Waals surface area contributed by atoms with Gasteiger partial charge in [0.1, 0.15) is 0 Å². The van der Waals surface area contributed by atoms with E-state index in [2.05, 4.69) is 12.2 Å². The molecule has 0 aliphatic rings. The lowest BCUT2D eigenvalue weighted by Crippen LogP contribution is -2.19. The van der Waals surface area contributed by atoms with Gasteiger partial charge in [-0.3, -0.25) is 0 Å². The minimum atomic E-state index is 0. The fourth-order valence-electron chi connectivity index (χ4n) is 0.565. The second-order valence-electron chi connectivity index (χ2n) is 1.96. The molecule has 10 heavy (non-hydrogen) atoms. The Labute approximate surface area is 64.2 Å². The molecule has 0 aromatic heterocycles. The number of hydrogen-bond acceptors (Lipinski definition) is 3. The average molecular weight is 149 g/mol. The van der Waals surface area contributed by atoms with E-state index in [4.69, 9.17) is 9.47 Å². The van der Waals surface area contributed by atoms with Crippen molar-refractivity contribution in [3.63, 3.8) is 0 Å². The minimum absolute atomic E-state index is 0. The third kappa shape index (κ3) is 7.88. The van der Waals surface area contributed by atoms with Crippen molar-refractivity contribution >= 4 is 0 Å². The molecule has 0 fully saturated rings. The Morgan fingerprint density at radius 1 is 1.30 bits per heavy atom. The molecule has 0 amide bonds. The smallest absolute Gasteiger partial charge is 0.0700 e. The van der Waals surface area contributed by atoms with Crippen molar-refractivity contribution in [3.05, 3.63) is 0 Å². The summed E-state index contributed by atoms with van der Waals surface area (Å²) in [6.07, 6.45) is 0. The van der Waals surface area contributed by atoms with Gasteiger partial charge >= 0.3 is 0 Å². The van der Waals surface area contributed by atoms with Crippen LogP contribution in [0.15, 0.2) is 0 Å². The van der Waals surface area contributed by atoms with Crippen LogP contribution in [-0.2, 0) is 9.47 Å². The molecular weight excluding hydrogens is 130 g/mol. The number of ether oxygens (including phenoxy) is 2. The highest BCUT2D eigenvalue weighted by molar-refractivity contribution is 4.39. The highest BCUT2D eigenvalue weighted by Crippen LogP contribution is 1.73. The van der Waals surface area contributed by atoms with Crippen molar-refractivity contribution in [1.82, 2.24) is 5.32 Å². The summed E-state index contributed by atoms with van der Waals surface area (Å²) in [6, 6.07) is 0. The zero-order chi connectivity index (χ0) is 7.66. The van der Waals surface area contributed by atoms with E-state index in [1.54, 1.807) is 7.11 Å². The molecule has 0 spiro atoms. The molecule has 0 saturated carbocycles. The summed E-state index contributed by atoms with van der Waals surface area (Å²) < 4.78 is 9.99. The molecular formula is C7H19NO2. The summed E-state index contributed by atoms with van der Waals surface area (Å²) in [5.41, 5.74) is 0. The Hall–Kier alpha value is -0.120. The molecule has 64 valence electrons. The lowest BCUT2D eigenvalue weighted by Gasteiger charge is -2.02. The molecule has 0 aromatic carbocycles. The van der Waals surface area contributed by atoms with Crippen molar-refractivity contribution < 1.29 is 10.9 Å². The zero-order valence-electron chi connectivity index (χ0n) is 6.85.